The van der Waals surface area contributed by atoms with E-state index in [0.717, 1.165) is 12.3 Å². The van der Waals surface area contributed by atoms with Crippen molar-refractivity contribution in [1.29, 1.82) is 0 Å². The molecule has 0 aromatic carbocycles. The van der Waals surface area contributed by atoms with Gasteiger partial charge in [-0.3, -0.25) is 9.48 Å². The van der Waals surface area contributed by atoms with Crippen LogP contribution in [-0.2, 0) is 13.2 Å². The summed E-state index contributed by atoms with van der Waals surface area (Å²) >= 11 is 0. The van der Waals surface area contributed by atoms with Crippen molar-refractivity contribution in [1.82, 2.24) is 25.3 Å². The molecule has 1 amide bonds. The van der Waals surface area contributed by atoms with Crippen LogP contribution in [0.25, 0.3) is 0 Å². The Labute approximate surface area is 147 Å². The van der Waals surface area contributed by atoms with Gasteiger partial charge >= 0.3 is 6.18 Å². The number of rotatable bonds is 4. The normalized spacial score (nSPS) is 20.6. The average Bonchev–Trinajstić information content (AvgIpc) is 3.03. The van der Waals surface area contributed by atoms with Crippen LogP contribution in [-0.4, -0.2) is 38.0 Å². The number of alkyl halides is 3. The molecule has 10 heteroatoms. The minimum absolute atomic E-state index is 0.00456. The fourth-order valence-corrected chi connectivity index (χ4v) is 2.82. The van der Waals surface area contributed by atoms with Crippen molar-refractivity contribution in [2.24, 2.45) is 7.05 Å². The molecular weight excluding hydrogens is 351 g/mol. The maximum atomic E-state index is 12.5. The maximum absolute atomic E-state index is 12.5. The summed E-state index contributed by atoms with van der Waals surface area (Å²) in [6, 6.07) is 2.18. The van der Waals surface area contributed by atoms with Gasteiger partial charge in [0.15, 0.2) is 5.69 Å². The third-order valence-electron chi connectivity index (χ3n) is 4.20. The highest BCUT2D eigenvalue weighted by Gasteiger charge is 2.31. The first-order valence-corrected chi connectivity index (χ1v) is 8.18. The van der Waals surface area contributed by atoms with Gasteiger partial charge in [0.05, 0.1) is 11.8 Å². The summed E-state index contributed by atoms with van der Waals surface area (Å²) in [6.45, 7) is 0. The monoisotopic (exact) mass is 369 g/mol. The standard InChI is InChI=1S/C16H18F3N5O2/c1-24-9-13(22-23-24)15(25)21-11-3-5-12(6-4-11)26-14-7-2-10(8-20-14)16(17,18)19/h2,7-9,11-12H,3-6H2,1H3,(H,21,25). The Hall–Kier alpha value is -2.65. The molecule has 0 radical (unpaired) electrons. The van der Waals surface area contributed by atoms with Gasteiger partial charge in [-0.05, 0) is 31.7 Å². The molecule has 0 spiro atoms. The summed E-state index contributed by atoms with van der Waals surface area (Å²) < 4.78 is 44.7. The maximum Gasteiger partial charge on any atom is 0.417 e. The molecule has 1 N–H and O–H groups in total. The van der Waals surface area contributed by atoms with Crippen molar-refractivity contribution in [2.45, 2.75) is 44.0 Å². The van der Waals surface area contributed by atoms with Crippen LogP contribution in [0.4, 0.5) is 13.2 Å². The Kier molecular flexibility index (Phi) is 5.10. The van der Waals surface area contributed by atoms with Crippen LogP contribution in [0.1, 0.15) is 41.7 Å². The topological polar surface area (TPSA) is 81.9 Å². The van der Waals surface area contributed by atoms with E-state index in [9.17, 15) is 18.0 Å². The summed E-state index contributed by atoms with van der Waals surface area (Å²) in [6.07, 6.45) is 0.522. The minimum atomic E-state index is -4.41. The van der Waals surface area contributed by atoms with Gasteiger partial charge in [0.25, 0.3) is 5.91 Å². The highest BCUT2D eigenvalue weighted by atomic mass is 19.4. The summed E-state index contributed by atoms with van der Waals surface area (Å²) in [5.74, 6) is -0.100. The van der Waals surface area contributed by atoms with Crippen LogP contribution in [0.3, 0.4) is 0 Å². The van der Waals surface area contributed by atoms with E-state index >= 15 is 0 Å². The van der Waals surface area contributed by atoms with E-state index in [1.54, 1.807) is 13.2 Å². The number of carbonyl (C=O) groups is 1. The number of nitrogens with one attached hydrogen (secondary N) is 1. The van der Waals surface area contributed by atoms with Gasteiger partial charge < -0.3 is 10.1 Å². The van der Waals surface area contributed by atoms with Crippen LogP contribution in [0.5, 0.6) is 5.88 Å². The first-order valence-electron chi connectivity index (χ1n) is 8.18. The number of hydrogen-bond donors (Lipinski definition) is 1. The number of halogens is 3. The smallest absolute Gasteiger partial charge is 0.417 e. The first kappa shape index (κ1) is 18.2. The molecule has 1 saturated carbocycles. The zero-order chi connectivity index (χ0) is 18.7. The Morgan fingerprint density at radius 2 is 2.00 bits per heavy atom. The van der Waals surface area contributed by atoms with Crippen LogP contribution < -0.4 is 10.1 Å². The summed E-state index contributed by atoms with van der Waals surface area (Å²) in [5, 5.41) is 10.4. The molecule has 1 aliphatic carbocycles. The number of amides is 1. The Morgan fingerprint density at radius 3 is 2.54 bits per heavy atom. The van der Waals surface area contributed by atoms with E-state index < -0.39 is 11.7 Å². The van der Waals surface area contributed by atoms with Gasteiger partial charge in [0.1, 0.15) is 6.10 Å². The van der Waals surface area contributed by atoms with Gasteiger partial charge in [-0.2, -0.15) is 13.2 Å². The molecule has 2 heterocycles. The van der Waals surface area contributed by atoms with E-state index in [2.05, 4.69) is 20.6 Å². The number of aryl methyl sites for hydroxylation is 1. The van der Waals surface area contributed by atoms with Crippen LogP contribution in [0, 0.1) is 0 Å². The summed E-state index contributed by atoms with van der Waals surface area (Å²) in [5.41, 5.74) is -0.542. The number of ether oxygens (including phenoxy) is 1. The Morgan fingerprint density at radius 1 is 1.27 bits per heavy atom. The van der Waals surface area contributed by atoms with E-state index in [4.69, 9.17) is 4.74 Å². The molecule has 7 nitrogen and oxygen atoms in total. The molecule has 1 fully saturated rings. The van der Waals surface area contributed by atoms with Crippen molar-refractivity contribution >= 4 is 5.91 Å². The molecule has 26 heavy (non-hydrogen) atoms. The molecule has 2 aromatic heterocycles. The van der Waals surface area contributed by atoms with Gasteiger partial charge in [-0.1, -0.05) is 5.21 Å². The van der Waals surface area contributed by atoms with Crippen molar-refractivity contribution in [3.05, 3.63) is 35.8 Å². The molecule has 0 aliphatic heterocycles. The van der Waals surface area contributed by atoms with Gasteiger partial charge in [-0.25, -0.2) is 4.98 Å². The molecular formula is C16H18F3N5O2. The van der Waals surface area contributed by atoms with Crippen molar-refractivity contribution in [3.63, 3.8) is 0 Å². The van der Waals surface area contributed by atoms with Crippen LogP contribution >= 0.6 is 0 Å². The van der Waals surface area contributed by atoms with E-state index in [1.165, 1.54) is 10.7 Å². The number of aromatic nitrogens is 4. The summed E-state index contributed by atoms with van der Waals surface area (Å²) in [7, 11) is 1.68. The Bertz CT molecular complexity index is 752. The van der Waals surface area contributed by atoms with Gasteiger partial charge in [0, 0.05) is 25.4 Å². The predicted molar refractivity (Wildman–Crippen MR) is 84.4 cm³/mol. The largest absolute Gasteiger partial charge is 0.474 e. The second-order valence-corrected chi connectivity index (χ2v) is 6.23. The molecule has 140 valence electrons. The third-order valence-corrected chi connectivity index (χ3v) is 4.20. The highest BCUT2D eigenvalue weighted by Crippen LogP contribution is 2.30. The van der Waals surface area contributed by atoms with E-state index in [1.807, 2.05) is 0 Å². The zero-order valence-electron chi connectivity index (χ0n) is 14.0. The lowest BCUT2D eigenvalue weighted by Gasteiger charge is -2.29. The van der Waals surface area contributed by atoms with Crippen molar-refractivity contribution in [3.8, 4) is 5.88 Å². The number of nitrogens with zero attached hydrogens (tertiary/aromatic N) is 4. The van der Waals surface area contributed by atoms with Crippen LogP contribution in [0.15, 0.2) is 24.5 Å². The molecule has 2 aromatic rings. The lowest BCUT2D eigenvalue weighted by molar-refractivity contribution is -0.137. The molecule has 0 atom stereocenters. The number of pyridine rings is 1. The molecule has 3 rings (SSSR count). The van der Waals surface area contributed by atoms with Crippen LogP contribution in [0.2, 0.25) is 0 Å². The fourth-order valence-electron chi connectivity index (χ4n) is 2.82. The molecule has 0 saturated heterocycles. The first-order chi connectivity index (χ1) is 12.3. The summed E-state index contributed by atoms with van der Waals surface area (Å²) in [4.78, 5) is 15.8. The highest BCUT2D eigenvalue weighted by molar-refractivity contribution is 5.92. The number of hydrogen-bond acceptors (Lipinski definition) is 5. The molecule has 1 aliphatic rings. The Balaban J connectivity index is 1.47. The molecule has 0 unspecified atom stereocenters. The number of carbonyl (C=O) groups excluding carboxylic acids is 1. The third kappa shape index (κ3) is 4.50. The SMILES string of the molecule is Cn1cc(C(=O)NC2CCC(Oc3ccc(C(F)(F)F)cn3)CC2)nn1. The lowest BCUT2D eigenvalue weighted by Crippen LogP contribution is -2.39. The van der Waals surface area contributed by atoms with E-state index in [-0.39, 0.29) is 29.6 Å². The van der Waals surface area contributed by atoms with Gasteiger partial charge in [-0.15, -0.1) is 5.10 Å². The zero-order valence-corrected chi connectivity index (χ0v) is 14.0. The van der Waals surface area contributed by atoms with E-state index in [0.29, 0.717) is 25.7 Å². The quantitative estimate of drug-likeness (QED) is 0.895. The van der Waals surface area contributed by atoms with Gasteiger partial charge in [0.2, 0.25) is 5.88 Å². The lowest BCUT2D eigenvalue weighted by atomic mass is 9.93. The average molecular weight is 369 g/mol. The predicted octanol–water partition coefficient (Wildman–Crippen LogP) is 2.35. The van der Waals surface area contributed by atoms with Crippen molar-refractivity contribution in [2.75, 3.05) is 0 Å². The van der Waals surface area contributed by atoms with Crippen molar-refractivity contribution < 1.29 is 22.7 Å². The minimum Gasteiger partial charge on any atom is -0.474 e. The molecule has 0 bridgehead atoms. The fraction of sp³-hybridized carbons (Fsp3) is 0.500. The second kappa shape index (κ2) is 7.30. The second-order valence-electron chi connectivity index (χ2n) is 6.23.